The van der Waals surface area contributed by atoms with Crippen LogP contribution in [0.1, 0.15) is 26.7 Å². The van der Waals surface area contributed by atoms with E-state index in [0.29, 0.717) is 12.3 Å². The minimum Gasteiger partial charge on any atom is -0.356 e. The standard InChI is InChI=1S/C12H27N3O/c1-11(2)5-8-14-12(16)6-7-13-9-10-15(3)4/h11,13H,5-10H2,1-4H3,(H,14,16). The Bertz CT molecular complexity index is 181. The molecule has 0 aliphatic rings. The van der Waals surface area contributed by atoms with E-state index >= 15 is 0 Å². The van der Waals surface area contributed by atoms with Crippen molar-refractivity contribution in [2.45, 2.75) is 26.7 Å². The normalized spacial score (nSPS) is 11.1. The summed E-state index contributed by atoms with van der Waals surface area (Å²) in [7, 11) is 4.08. The molecule has 0 aliphatic carbocycles. The van der Waals surface area contributed by atoms with Crippen LogP contribution in [0.2, 0.25) is 0 Å². The van der Waals surface area contributed by atoms with Crippen LogP contribution in [0, 0.1) is 5.92 Å². The summed E-state index contributed by atoms with van der Waals surface area (Å²) in [6.45, 7) is 7.83. The second kappa shape index (κ2) is 9.60. The number of carbonyl (C=O) groups excluding carboxylic acids is 1. The van der Waals surface area contributed by atoms with Crippen molar-refractivity contribution in [3.63, 3.8) is 0 Å². The SMILES string of the molecule is CC(C)CCNC(=O)CCNCCN(C)C. The molecule has 0 saturated carbocycles. The molecule has 4 heteroatoms. The van der Waals surface area contributed by atoms with Crippen molar-refractivity contribution in [2.75, 3.05) is 40.3 Å². The Morgan fingerprint density at radius 3 is 2.44 bits per heavy atom. The van der Waals surface area contributed by atoms with Gasteiger partial charge in [-0.3, -0.25) is 4.79 Å². The van der Waals surface area contributed by atoms with Gasteiger partial charge in [-0.25, -0.2) is 0 Å². The number of hydrogen-bond donors (Lipinski definition) is 2. The number of amides is 1. The molecule has 0 aromatic carbocycles. The lowest BCUT2D eigenvalue weighted by atomic mass is 10.1. The van der Waals surface area contributed by atoms with Crippen LogP contribution in [0.5, 0.6) is 0 Å². The lowest BCUT2D eigenvalue weighted by Gasteiger charge is -2.10. The predicted molar refractivity (Wildman–Crippen MR) is 68.5 cm³/mol. The van der Waals surface area contributed by atoms with Crippen molar-refractivity contribution in [3.8, 4) is 0 Å². The second-order valence-corrected chi connectivity index (χ2v) is 4.84. The zero-order valence-electron chi connectivity index (χ0n) is 11.2. The molecule has 0 aromatic rings. The number of nitrogens with one attached hydrogen (secondary N) is 2. The van der Waals surface area contributed by atoms with E-state index in [1.165, 1.54) is 0 Å². The first-order chi connectivity index (χ1) is 7.52. The van der Waals surface area contributed by atoms with Crippen molar-refractivity contribution in [1.29, 1.82) is 0 Å². The third kappa shape index (κ3) is 11.5. The average molecular weight is 229 g/mol. The minimum atomic E-state index is 0.151. The van der Waals surface area contributed by atoms with Gasteiger partial charge in [0.1, 0.15) is 0 Å². The fraction of sp³-hybridized carbons (Fsp3) is 0.917. The summed E-state index contributed by atoms with van der Waals surface area (Å²) in [5.41, 5.74) is 0. The molecule has 0 radical (unpaired) electrons. The minimum absolute atomic E-state index is 0.151. The molecule has 0 aliphatic heterocycles. The fourth-order valence-electron chi connectivity index (χ4n) is 1.22. The average Bonchev–Trinajstić information content (AvgIpc) is 2.16. The highest BCUT2D eigenvalue weighted by molar-refractivity contribution is 5.75. The molecular formula is C12H27N3O. The Morgan fingerprint density at radius 1 is 1.19 bits per heavy atom. The van der Waals surface area contributed by atoms with Gasteiger partial charge in [0, 0.05) is 32.6 Å². The summed E-state index contributed by atoms with van der Waals surface area (Å²) < 4.78 is 0. The van der Waals surface area contributed by atoms with Gasteiger partial charge in [-0.15, -0.1) is 0 Å². The molecule has 0 bridgehead atoms. The fourth-order valence-corrected chi connectivity index (χ4v) is 1.22. The Hall–Kier alpha value is -0.610. The Balaban J connectivity index is 3.24. The van der Waals surface area contributed by atoms with Gasteiger partial charge >= 0.3 is 0 Å². The van der Waals surface area contributed by atoms with Gasteiger partial charge < -0.3 is 15.5 Å². The number of likely N-dealkylation sites (N-methyl/N-ethyl adjacent to an activating group) is 1. The van der Waals surface area contributed by atoms with Crippen molar-refractivity contribution < 1.29 is 4.79 Å². The maximum Gasteiger partial charge on any atom is 0.221 e. The van der Waals surface area contributed by atoms with Crippen molar-refractivity contribution in [2.24, 2.45) is 5.92 Å². The van der Waals surface area contributed by atoms with Crippen LogP contribution in [-0.2, 0) is 4.79 Å². The van der Waals surface area contributed by atoms with Gasteiger partial charge in [0.05, 0.1) is 0 Å². The molecule has 96 valence electrons. The van der Waals surface area contributed by atoms with Gasteiger partial charge in [0.2, 0.25) is 5.91 Å². The largest absolute Gasteiger partial charge is 0.356 e. The summed E-state index contributed by atoms with van der Waals surface area (Å²) in [4.78, 5) is 13.5. The molecule has 16 heavy (non-hydrogen) atoms. The van der Waals surface area contributed by atoms with Crippen molar-refractivity contribution in [3.05, 3.63) is 0 Å². The van der Waals surface area contributed by atoms with Gasteiger partial charge in [0.15, 0.2) is 0 Å². The third-order valence-electron chi connectivity index (χ3n) is 2.31. The van der Waals surface area contributed by atoms with Crippen LogP contribution in [0.4, 0.5) is 0 Å². The van der Waals surface area contributed by atoms with Crippen molar-refractivity contribution >= 4 is 5.91 Å². The van der Waals surface area contributed by atoms with E-state index in [9.17, 15) is 4.79 Å². The van der Waals surface area contributed by atoms with Crippen molar-refractivity contribution in [1.82, 2.24) is 15.5 Å². The van der Waals surface area contributed by atoms with Gasteiger partial charge in [-0.1, -0.05) is 13.8 Å². The number of nitrogens with zero attached hydrogens (tertiary/aromatic N) is 1. The topological polar surface area (TPSA) is 44.4 Å². The predicted octanol–water partition coefficient (Wildman–Crippen LogP) is 0.690. The Morgan fingerprint density at radius 2 is 1.88 bits per heavy atom. The van der Waals surface area contributed by atoms with E-state index in [4.69, 9.17) is 0 Å². The van der Waals surface area contributed by atoms with Gasteiger partial charge in [-0.2, -0.15) is 0 Å². The van der Waals surface area contributed by atoms with Crippen LogP contribution < -0.4 is 10.6 Å². The van der Waals surface area contributed by atoms with E-state index in [-0.39, 0.29) is 5.91 Å². The molecule has 0 saturated heterocycles. The maximum absolute atomic E-state index is 11.4. The van der Waals surface area contributed by atoms with Crippen LogP contribution in [0.3, 0.4) is 0 Å². The zero-order chi connectivity index (χ0) is 12.4. The first kappa shape index (κ1) is 15.4. The molecule has 0 unspecified atom stereocenters. The molecule has 4 nitrogen and oxygen atoms in total. The van der Waals surface area contributed by atoms with E-state index < -0.39 is 0 Å². The summed E-state index contributed by atoms with van der Waals surface area (Å²) in [5, 5.41) is 6.17. The Kier molecular flexibility index (Phi) is 9.24. The first-order valence-corrected chi connectivity index (χ1v) is 6.14. The van der Waals surface area contributed by atoms with Crippen LogP contribution >= 0.6 is 0 Å². The monoisotopic (exact) mass is 229 g/mol. The zero-order valence-corrected chi connectivity index (χ0v) is 11.2. The highest BCUT2D eigenvalue weighted by Gasteiger charge is 2.00. The highest BCUT2D eigenvalue weighted by Crippen LogP contribution is 1.96. The van der Waals surface area contributed by atoms with E-state index in [1.807, 2.05) is 14.1 Å². The Labute approximate surface area is 99.8 Å². The third-order valence-corrected chi connectivity index (χ3v) is 2.31. The maximum atomic E-state index is 11.4. The van der Waals surface area contributed by atoms with Crippen LogP contribution in [0.25, 0.3) is 0 Å². The molecule has 0 heterocycles. The molecule has 0 fully saturated rings. The quantitative estimate of drug-likeness (QED) is 0.572. The highest BCUT2D eigenvalue weighted by atomic mass is 16.1. The lowest BCUT2D eigenvalue weighted by Crippen LogP contribution is -2.31. The lowest BCUT2D eigenvalue weighted by molar-refractivity contribution is -0.121. The van der Waals surface area contributed by atoms with E-state index in [0.717, 1.165) is 32.6 Å². The van der Waals surface area contributed by atoms with Crippen LogP contribution in [-0.4, -0.2) is 51.1 Å². The van der Waals surface area contributed by atoms with Gasteiger partial charge in [-0.05, 0) is 26.4 Å². The first-order valence-electron chi connectivity index (χ1n) is 6.14. The molecule has 0 aromatic heterocycles. The summed E-state index contributed by atoms with van der Waals surface area (Å²) >= 11 is 0. The number of carbonyl (C=O) groups is 1. The molecule has 0 rings (SSSR count). The van der Waals surface area contributed by atoms with E-state index in [1.54, 1.807) is 0 Å². The van der Waals surface area contributed by atoms with E-state index in [2.05, 4.69) is 29.4 Å². The molecule has 1 amide bonds. The smallest absolute Gasteiger partial charge is 0.221 e. The molecule has 0 spiro atoms. The second-order valence-electron chi connectivity index (χ2n) is 4.84. The number of hydrogen-bond acceptors (Lipinski definition) is 3. The van der Waals surface area contributed by atoms with Gasteiger partial charge in [0.25, 0.3) is 0 Å². The summed E-state index contributed by atoms with van der Waals surface area (Å²) in [6, 6.07) is 0. The van der Waals surface area contributed by atoms with Crippen LogP contribution in [0.15, 0.2) is 0 Å². The molecule has 2 N–H and O–H groups in total. The number of rotatable bonds is 9. The molecular weight excluding hydrogens is 202 g/mol. The molecule has 0 atom stereocenters. The summed E-state index contributed by atoms with van der Waals surface area (Å²) in [5.74, 6) is 0.802. The summed E-state index contributed by atoms with van der Waals surface area (Å²) in [6.07, 6.45) is 1.63.